The summed E-state index contributed by atoms with van der Waals surface area (Å²) < 4.78 is 26.5. The van der Waals surface area contributed by atoms with Crippen molar-refractivity contribution in [3.05, 3.63) is 35.9 Å². The molecule has 20 heavy (non-hydrogen) atoms. The first-order valence-electron chi connectivity index (χ1n) is 6.70. The quantitative estimate of drug-likeness (QED) is 0.884. The molecule has 0 radical (unpaired) electrons. The molecule has 2 aromatic rings. The Morgan fingerprint density at radius 2 is 1.80 bits per heavy atom. The molecule has 1 fully saturated rings. The van der Waals surface area contributed by atoms with E-state index in [2.05, 4.69) is 20.4 Å². The maximum Gasteiger partial charge on any atom is 0.151 e. The van der Waals surface area contributed by atoms with Gasteiger partial charge in [-0.05, 0) is 25.1 Å². The van der Waals surface area contributed by atoms with Crippen molar-refractivity contribution in [1.29, 1.82) is 0 Å². The van der Waals surface area contributed by atoms with Crippen LogP contribution in [0.1, 0.15) is 6.42 Å². The minimum atomic E-state index is -0.588. The number of aromatic amines is 1. The maximum atomic E-state index is 13.2. The third-order valence-electron chi connectivity index (χ3n) is 3.40. The van der Waals surface area contributed by atoms with E-state index in [1.165, 1.54) is 12.1 Å². The Hall–Kier alpha value is -1.95. The Morgan fingerprint density at radius 3 is 2.60 bits per heavy atom. The summed E-state index contributed by atoms with van der Waals surface area (Å²) in [5, 5.41) is 10.4. The van der Waals surface area contributed by atoms with Gasteiger partial charge in [-0.25, -0.2) is 8.78 Å². The lowest BCUT2D eigenvalue weighted by Gasteiger charge is -2.18. The van der Waals surface area contributed by atoms with Crippen LogP contribution >= 0.6 is 0 Å². The zero-order valence-corrected chi connectivity index (χ0v) is 11.0. The van der Waals surface area contributed by atoms with Crippen LogP contribution in [0.3, 0.4) is 0 Å². The highest BCUT2D eigenvalue weighted by Crippen LogP contribution is 2.23. The summed E-state index contributed by atoms with van der Waals surface area (Å²) in [6.45, 7) is 3.72. The molecule has 1 aromatic heterocycles. The highest BCUT2D eigenvalue weighted by atomic mass is 19.1. The van der Waals surface area contributed by atoms with Gasteiger partial charge in [0.2, 0.25) is 0 Å². The highest BCUT2D eigenvalue weighted by Gasteiger charge is 2.14. The number of anilines is 1. The molecule has 2 N–H and O–H groups in total. The Balaban J connectivity index is 1.85. The Bertz CT molecular complexity index is 568. The zero-order chi connectivity index (χ0) is 13.9. The van der Waals surface area contributed by atoms with Gasteiger partial charge in [-0.1, -0.05) is 0 Å². The topological polar surface area (TPSA) is 44.0 Å². The molecule has 106 valence electrons. The van der Waals surface area contributed by atoms with Gasteiger partial charge in [0.1, 0.15) is 11.6 Å². The molecule has 1 aliphatic heterocycles. The van der Waals surface area contributed by atoms with Crippen LogP contribution in [0.2, 0.25) is 0 Å². The second kappa shape index (κ2) is 5.58. The molecule has 0 bridgehead atoms. The Labute approximate surface area is 115 Å². The smallest absolute Gasteiger partial charge is 0.151 e. The van der Waals surface area contributed by atoms with Crippen LogP contribution in [0, 0.1) is 11.6 Å². The second-order valence-electron chi connectivity index (χ2n) is 4.89. The van der Waals surface area contributed by atoms with Crippen molar-refractivity contribution in [3.8, 4) is 11.3 Å². The first-order chi connectivity index (χ1) is 9.72. The van der Waals surface area contributed by atoms with Crippen molar-refractivity contribution in [2.45, 2.75) is 6.42 Å². The lowest BCUT2D eigenvalue weighted by atomic mass is 10.1. The lowest BCUT2D eigenvalue weighted by Crippen LogP contribution is -2.28. The van der Waals surface area contributed by atoms with E-state index >= 15 is 0 Å². The summed E-state index contributed by atoms with van der Waals surface area (Å²) >= 11 is 0. The van der Waals surface area contributed by atoms with Gasteiger partial charge in [-0.3, -0.25) is 5.10 Å². The van der Waals surface area contributed by atoms with Crippen molar-refractivity contribution in [3.63, 3.8) is 0 Å². The van der Waals surface area contributed by atoms with Crippen LogP contribution in [-0.4, -0.2) is 36.4 Å². The van der Waals surface area contributed by atoms with Gasteiger partial charge in [0, 0.05) is 37.3 Å². The minimum absolute atomic E-state index is 0.467. The second-order valence-corrected chi connectivity index (χ2v) is 4.89. The molecule has 0 aliphatic carbocycles. The summed E-state index contributed by atoms with van der Waals surface area (Å²) in [6, 6.07) is 5.29. The van der Waals surface area contributed by atoms with E-state index < -0.39 is 11.6 Å². The number of rotatable bonds is 2. The number of H-pyrrole nitrogens is 1. The molecule has 0 amide bonds. The predicted octanol–water partition coefficient (Wildman–Crippen LogP) is 2.15. The SMILES string of the molecule is Fc1cc(F)cc(-c2cc(N3CCCNCC3)n[nH]2)c1. The van der Waals surface area contributed by atoms with E-state index in [4.69, 9.17) is 0 Å². The van der Waals surface area contributed by atoms with Crippen molar-refractivity contribution >= 4 is 5.82 Å². The molecule has 3 rings (SSSR count). The van der Waals surface area contributed by atoms with E-state index in [1.54, 1.807) is 0 Å². The van der Waals surface area contributed by atoms with Gasteiger partial charge >= 0.3 is 0 Å². The molecule has 0 atom stereocenters. The van der Waals surface area contributed by atoms with Crippen molar-refractivity contribution in [2.75, 3.05) is 31.1 Å². The van der Waals surface area contributed by atoms with Crippen LogP contribution in [0.25, 0.3) is 11.3 Å². The van der Waals surface area contributed by atoms with Crippen LogP contribution in [0.15, 0.2) is 24.3 Å². The van der Waals surface area contributed by atoms with Crippen molar-refractivity contribution in [1.82, 2.24) is 15.5 Å². The molecule has 0 unspecified atom stereocenters. The summed E-state index contributed by atoms with van der Waals surface area (Å²) in [5.41, 5.74) is 1.09. The van der Waals surface area contributed by atoms with E-state index in [1.807, 2.05) is 6.07 Å². The van der Waals surface area contributed by atoms with E-state index in [0.29, 0.717) is 11.3 Å². The normalized spacial score (nSPS) is 16.2. The fraction of sp³-hybridized carbons (Fsp3) is 0.357. The minimum Gasteiger partial charge on any atom is -0.354 e. The van der Waals surface area contributed by atoms with E-state index in [-0.39, 0.29) is 0 Å². The number of hydrogen-bond acceptors (Lipinski definition) is 3. The summed E-state index contributed by atoms with van der Waals surface area (Å²) in [6.07, 6.45) is 1.05. The number of hydrogen-bond donors (Lipinski definition) is 2. The highest BCUT2D eigenvalue weighted by molar-refractivity contribution is 5.63. The average Bonchev–Trinajstić information content (AvgIpc) is 2.74. The number of halogens is 2. The third kappa shape index (κ3) is 2.80. The summed E-state index contributed by atoms with van der Waals surface area (Å²) in [5.74, 6) is -0.362. The number of benzene rings is 1. The summed E-state index contributed by atoms with van der Waals surface area (Å²) in [7, 11) is 0. The Morgan fingerprint density at radius 1 is 1.00 bits per heavy atom. The molecule has 0 spiro atoms. The fourth-order valence-electron chi connectivity index (χ4n) is 2.41. The molecular weight excluding hydrogens is 262 g/mol. The molecule has 0 saturated carbocycles. The maximum absolute atomic E-state index is 13.2. The van der Waals surface area contributed by atoms with Crippen LogP contribution in [-0.2, 0) is 0 Å². The standard InChI is InChI=1S/C14H16F2N4/c15-11-6-10(7-12(16)8-11)13-9-14(19-18-13)20-4-1-2-17-3-5-20/h6-9,17H,1-5H2,(H,18,19). The zero-order valence-electron chi connectivity index (χ0n) is 11.0. The van der Waals surface area contributed by atoms with E-state index in [0.717, 1.165) is 44.5 Å². The third-order valence-corrected chi connectivity index (χ3v) is 3.40. The molecule has 4 nitrogen and oxygen atoms in total. The van der Waals surface area contributed by atoms with Crippen LogP contribution in [0.5, 0.6) is 0 Å². The van der Waals surface area contributed by atoms with Crippen molar-refractivity contribution in [2.24, 2.45) is 0 Å². The fourth-order valence-corrected chi connectivity index (χ4v) is 2.41. The largest absolute Gasteiger partial charge is 0.354 e. The summed E-state index contributed by atoms with van der Waals surface area (Å²) in [4.78, 5) is 2.16. The van der Waals surface area contributed by atoms with Crippen molar-refractivity contribution < 1.29 is 8.78 Å². The molecule has 1 aromatic carbocycles. The molecule has 6 heteroatoms. The monoisotopic (exact) mass is 278 g/mol. The predicted molar refractivity (Wildman–Crippen MR) is 73.6 cm³/mol. The molecular formula is C14H16F2N4. The van der Waals surface area contributed by atoms with Gasteiger partial charge in [0.05, 0.1) is 5.69 Å². The van der Waals surface area contributed by atoms with Gasteiger partial charge in [-0.15, -0.1) is 0 Å². The molecule has 2 heterocycles. The van der Waals surface area contributed by atoms with Gasteiger partial charge in [0.15, 0.2) is 5.82 Å². The van der Waals surface area contributed by atoms with Gasteiger partial charge in [0.25, 0.3) is 0 Å². The average molecular weight is 278 g/mol. The number of aromatic nitrogens is 2. The Kier molecular flexibility index (Phi) is 3.64. The first kappa shape index (κ1) is 13.1. The van der Waals surface area contributed by atoms with Gasteiger partial charge in [-0.2, -0.15) is 5.10 Å². The molecule has 1 saturated heterocycles. The lowest BCUT2D eigenvalue weighted by molar-refractivity contribution is 0.584. The number of nitrogens with one attached hydrogen (secondary N) is 2. The first-order valence-corrected chi connectivity index (χ1v) is 6.70. The van der Waals surface area contributed by atoms with Gasteiger partial charge < -0.3 is 10.2 Å². The number of nitrogens with zero attached hydrogens (tertiary/aromatic N) is 2. The van der Waals surface area contributed by atoms with Crippen LogP contribution < -0.4 is 10.2 Å². The van der Waals surface area contributed by atoms with Crippen LogP contribution in [0.4, 0.5) is 14.6 Å². The molecule has 1 aliphatic rings. The van der Waals surface area contributed by atoms with E-state index in [9.17, 15) is 8.78 Å².